The summed E-state index contributed by atoms with van der Waals surface area (Å²) >= 11 is 1.34. The zero-order chi connectivity index (χ0) is 21.7. The Morgan fingerprint density at radius 3 is 2.23 bits per heavy atom. The molecule has 0 aromatic carbocycles. The Morgan fingerprint density at radius 1 is 1.00 bits per heavy atom. The van der Waals surface area contributed by atoms with E-state index in [1.165, 1.54) is 24.6 Å². The summed E-state index contributed by atoms with van der Waals surface area (Å²) < 4.78 is 0. The van der Waals surface area contributed by atoms with Crippen LogP contribution in [0.5, 0.6) is 0 Å². The minimum absolute atomic E-state index is 0.0501. The van der Waals surface area contributed by atoms with Crippen molar-refractivity contribution in [1.82, 2.24) is 14.8 Å². The van der Waals surface area contributed by atoms with Gasteiger partial charge in [-0.25, -0.2) is 4.98 Å². The fourth-order valence-electron chi connectivity index (χ4n) is 4.29. The first-order chi connectivity index (χ1) is 14.4. The third-order valence-electron chi connectivity index (χ3n) is 6.52. The lowest BCUT2D eigenvalue weighted by molar-refractivity contribution is -0.139. The summed E-state index contributed by atoms with van der Waals surface area (Å²) in [5.41, 5.74) is 3.43. The van der Waals surface area contributed by atoms with Crippen LogP contribution in [0.25, 0.3) is 0 Å². The van der Waals surface area contributed by atoms with E-state index in [1.54, 1.807) is 0 Å². The number of aromatic nitrogens is 1. The average Bonchev–Trinajstić information content (AvgIpc) is 3.05. The van der Waals surface area contributed by atoms with Crippen LogP contribution in [0.3, 0.4) is 0 Å². The summed E-state index contributed by atoms with van der Waals surface area (Å²) in [5, 5.41) is 10.1. The van der Waals surface area contributed by atoms with Gasteiger partial charge in [0.2, 0.25) is 11.8 Å². The molecule has 0 unspecified atom stereocenters. The maximum absolute atomic E-state index is 12.8. The van der Waals surface area contributed by atoms with Crippen LogP contribution in [0.1, 0.15) is 60.9 Å². The van der Waals surface area contributed by atoms with Gasteiger partial charge in [0, 0.05) is 37.8 Å². The van der Waals surface area contributed by atoms with Crippen LogP contribution in [0, 0.1) is 38.0 Å². The topological polar surface area (TPSA) is 77.3 Å². The molecule has 2 aliphatic rings. The van der Waals surface area contributed by atoms with Crippen LogP contribution in [0.4, 0.5) is 0 Å². The lowest BCUT2D eigenvalue weighted by atomic mass is 9.95. The Labute approximate surface area is 184 Å². The van der Waals surface area contributed by atoms with E-state index in [0.29, 0.717) is 23.7 Å². The Kier molecular flexibility index (Phi) is 7.76. The Bertz CT molecular complexity index is 833. The number of pyridine rings is 1. The van der Waals surface area contributed by atoms with Crippen molar-refractivity contribution in [1.29, 1.82) is 5.26 Å². The molecule has 2 fully saturated rings. The second kappa shape index (κ2) is 10.3. The molecule has 2 amide bonds. The number of amides is 2. The normalized spacial score (nSPS) is 18.1. The fourth-order valence-corrected chi connectivity index (χ4v) is 5.28. The predicted octanol–water partition coefficient (Wildman–Crippen LogP) is 3.61. The van der Waals surface area contributed by atoms with Gasteiger partial charge in [-0.15, -0.1) is 0 Å². The second-order valence-corrected chi connectivity index (χ2v) is 9.39. The third kappa shape index (κ3) is 5.15. The number of thioether (sulfide) groups is 1. The molecule has 30 heavy (non-hydrogen) atoms. The van der Waals surface area contributed by atoms with E-state index in [4.69, 9.17) is 0 Å². The Hall–Kier alpha value is -2.07. The van der Waals surface area contributed by atoms with Crippen LogP contribution in [0.15, 0.2) is 5.03 Å². The molecule has 3 rings (SSSR count). The van der Waals surface area contributed by atoms with Gasteiger partial charge in [-0.2, -0.15) is 5.26 Å². The van der Waals surface area contributed by atoms with Crippen molar-refractivity contribution in [3.8, 4) is 6.07 Å². The van der Waals surface area contributed by atoms with E-state index in [-0.39, 0.29) is 23.5 Å². The lowest BCUT2D eigenvalue weighted by Crippen LogP contribution is -2.45. The van der Waals surface area contributed by atoms with E-state index >= 15 is 0 Å². The van der Waals surface area contributed by atoms with Crippen molar-refractivity contribution in [2.75, 3.05) is 31.9 Å². The highest BCUT2D eigenvalue weighted by Gasteiger charge is 2.30. The van der Waals surface area contributed by atoms with Gasteiger partial charge < -0.3 is 9.80 Å². The van der Waals surface area contributed by atoms with Gasteiger partial charge in [-0.1, -0.05) is 24.6 Å². The molecule has 0 radical (unpaired) electrons. The van der Waals surface area contributed by atoms with Gasteiger partial charge in [-0.3, -0.25) is 9.59 Å². The molecule has 2 saturated heterocycles. The fraction of sp³-hybridized carbons (Fsp3) is 0.652. The lowest BCUT2D eigenvalue weighted by Gasteiger charge is -2.34. The first kappa shape index (κ1) is 22.6. The number of likely N-dealkylation sites (tertiary alicyclic amines) is 2. The molecule has 0 spiro atoms. The second-order valence-electron chi connectivity index (χ2n) is 8.42. The number of rotatable bonds is 4. The molecule has 0 bridgehead atoms. The Morgan fingerprint density at radius 2 is 1.63 bits per heavy atom. The molecule has 6 nitrogen and oxygen atoms in total. The van der Waals surface area contributed by atoms with Crippen molar-refractivity contribution in [3.05, 3.63) is 22.4 Å². The SMILES string of the molecule is Cc1nc(SCC(=O)N2CCC(C(=O)N3CCCCCC3)CC2)c(C#N)c(C)c1C. The molecule has 1 aromatic rings. The zero-order valence-electron chi connectivity index (χ0n) is 18.4. The quantitative estimate of drug-likeness (QED) is 0.685. The van der Waals surface area contributed by atoms with E-state index in [9.17, 15) is 14.9 Å². The predicted molar refractivity (Wildman–Crippen MR) is 118 cm³/mol. The Balaban J connectivity index is 1.53. The third-order valence-corrected chi connectivity index (χ3v) is 7.48. The monoisotopic (exact) mass is 428 g/mol. The summed E-state index contributed by atoms with van der Waals surface area (Å²) in [6.45, 7) is 8.87. The van der Waals surface area contributed by atoms with Crippen molar-refractivity contribution in [3.63, 3.8) is 0 Å². The zero-order valence-corrected chi connectivity index (χ0v) is 19.2. The van der Waals surface area contributed by atoms with E-state index in [0.717, 1.165) is 55.6 Å². The first-order valence-corrected chi connectivity index (χ1v) is 12.0. The number of hydrogen-bond donors (Lipinski definition) is 0. The molecule has 2 aliphatic heterocycles. The molecule has 3 heterocycles. The summed E-state index contributed by atoms with van der Waals surface area (Å²) in [7, 11) is 0. The number of nitrogens with zero attached hydrogens (tertiary/aromatic N) is 4. The molecule has 0 saturated carbocycles. The average molecular weight is 429 g/mol. The van der Waals surface area contributed by atoms with Gasteiger partial charge in [-0.05, 0) is 57.6 Å². The number of carbonyl (C=O) groups excluding carboxylic acids is 2. The van der Waals surface area contributed by atoms with Crippen LogP contribution in [0.2, 0.25) is 0 Å². The van der Waals surface area contributed by atoms with Crippen molar-refractivity contribution < 1.29 is 9.59 Å². The van der Waals surface area contributed by atoms with Gasteiger partial charge in [0.15, 0.2) is 0 Å². The van der Waals surface area contributed by atoms with Gasteiger partial charge in [0.25, 0.3) is 0 Å². The van der Waals surface area contributed by atoms with Crippen LogP contribution >= 0.6 is 11.8 Å². The molecule has 162 valence electrons. The van der Waals surface area contributed by atoms with Gasteiger partial charge in [0.1, 0.15) is 11.1 Å². The number of carbonyl (C=O) groups is 2. The number of nitriles is 1. The smallest absolute Gasteiger partial charge is 0.232 e. The minimum Gasteiger partial charge on any atom is -0.342 e. The largest absolute Gasteiger partial charge is 0.342 e. The standard InChI is InChI=1S/C23H32N4O2S/c1-16-17(2)20(14-24)22(25-18(16)3)30-15-21(28)26-12-8-19(9-13-26)23(29)27-10-6-4-5-7-11-27/h19H,4-13,15H2,1-3H3. The maximum Gasteiger partial charge on any atom is 0.232 e. The molecular weight excluding hydrogens is 396 g/mol. The van der Waals surface area contributed by atoms with Crippen molar-refractivity contribution in [2.45, 2.75) is 64.3 Å². The van der Waals surface area contributed by atoms with Gasteiger partial charge in [0.05, 0.1) is 11.3 Å². The molecule has 0 N–H and O–H groups in total. The molecular formula is C23H32N4O2S. The number of aryl methyl sites for hydroxylation is 1. The van der Waals surface area contributed by atoms with E-state index in [1.807, 2.05) is 30.6 Å². The van der Waals surface area contributed by atoms with E-state index in [2.05, 4.69) is 11.1 Å². The summed E-state index contributed by atoms with van der Waals surface area (Å²) in [6, 6.07) is 2.24. The minimum atomic E-state index is 0.0501. The van der Waals surface area contributed by atoms with Crippen LogP contribution < -0.4 is 0 Å². The van der Waals surface area contributed by atoms with Crippen LogP contribution in [-0.2, 0) is 9.59 Å². The molecule has 0 aliphatic carbocycles. The van der Waals surface area contributed by atoms with Crippen molar-refractivity contribution >= 4 is 23.6 Å². The number of piperidine rings is 1. The highest BCUT2D eigenvalue weighted by Crippen LogP contribution is 2.27. The summed E-state index contributed by atoms with van der Waals surface area (Å²) in [6.07, 6.45) is 6.15. The molecule has 7 heteroatoms. The first-order valence-electron chi connectivity index (χ1n) is 11.0. The van der Waals surface area contributed by atoms with Gasteiger partial charge >= 0.3 is 0 Å². The highest BCUT2D eigenvalue weighted by atomic mass is 32.2. The summed E-state index contributed by atoms with van der Waals surface area (Å²) in [5.74, 6) is 0.664. The molecule has 1 aromatic heterocycles. The molecule has 0 atom stereocenters. The summed E-state index contributed by atoms with van der Waals surface area (Å²) in [4.78, 5) is 34.0. The van der Waals surface area contributed by atoms with Crippen LogP contribution in [-0.4, -0.2) is 58.5 Å². The van der Waals surface area contributed by atoms with Crippen molar-refractivity contribution in [2.24, 2.45) is 5.92 Å². The maximum atomic E-state index is 12.8. The highest BCUT2D eigenvalue weighted by molar-refractivity contribution is 8.00. The van der Waals surface area contributed by atoms with E-state index < -0.39 is 0 Å². The number of hydrogen-bond acceptors (Lipinski definition) is 5.